The van der Waals surface area contributed by atoms with Crippen LogP contribution in [-0.2, 0) is 9.47 Å². The highest BCUT2D eigenvalue weighted by Gasteiger charge is 2.31. The molecule has 1 fully saturated rings. The number of para-hydroxylation sites is 1. The van der Waals surface area contributed by atoms with Crippen LogP contribution in [0.5, 0.6) is 0 Å². The molecule has 1 aliphatic rings. The first-order chi connectivity index (χ1) is 9.88. The number of hydrogen-bond acceptors (Lipinski definition) is 4. The molecule has 1 aromatic carbocycles. The van der Waals surface area contributed by atoms with E-state index in [2.05, 4.69) is 17.4 Å². The number of ether oxygens (including phenoxy) is 2. The van der Waals surface area contributed by atoms with Gasteiger partial charge in [-0.25, -0.2) is 0 Å². The maximum absolute atomic E-state index is 5.93. The summed E-state index contributed by atoms with van der Waals surface area (Å²) in [7, 11) is 1.72. The summed E-state index contributed by atoms with van der Waals surface area (Å²) in [4.78, 5) is 0. The number of nitrogens with one attached hydrogen (secondary N) is 1. The average Bonchev–Trinajstić information content (AvgIpc) is 3.09. The van der Waals surface area contributed by atoms with Gasteiger partial charge in [0.05, 0.1) is 6.61 Å². The summed E-state index contributed by atoms with van der Waals surface area (Å²) < 4.78 is 16.9. The van der Waals surface area contributed by atoms with Gasteiger partial charge in [-0.3, -0.25) is 0 Å². The zero-order chi connectivity index (χ0) is 13.8. The van der Waals surface area contributed by atoms with Crippen molar-refractivity contribution in [3.63, 3.8) is 0 Å². The van der Waals surface area contributed by atoms with Crippen LogP contribution in [-0.4, -0.2) is 33.4 Å². The highest BCUT2D eigenvalue weighted by molar-refractivity contribution is 5.77. The van der Waals surface area contributed by atoms with E-state index in [1.54, 1.807) is 7.11 Å². The lowest BCUT2D eigenvalue weighted by molar-refractivity contribution is 0.0730. The normalized spacial score (nSPS) is 22.6. The molecule has 2 heterocycles. The van der Waals surface area contributed by atoms with Crippen LogP contribution in [0.15, 0.2) is 34.7 Å². The highest BCUT2D eigenvalue weighted by Crippen LogP contribution is 2.36. The molecule has 20 heavy (non-hydrogen) atoms. The summed E-state index contributed by atoms with van der Waals surface area (Å²) in [5.74, 6) is 1.41. The third kappa shape index (κ3) is 2.87. The molecule has 0 aliphatic carbocycles. The van der Waals surface area contributed by atoms with Crippen molar-refractivity contribution < 1.29 is 13.9 Å². The molecular formula is C16H21NO3. The maximum Gasteiger partial charge on any atom is 0.134 e. The summed E-state index contributed by atoms with van der Waals surface area (Å²) >= 11 is 0. The van der Waals surface area contributed by atoms with Crippen molar-refractivity contribution in [1.29, 1.82) is 0 Å². The smallest absolute Gasteiger partial charge is 0.134 e. The summed E-state index contributed by atoms with van der Waals surface area (Å²) in [6.07, 6.45) is 1.14. The molecule has 3 rings (SSSR count). The predicted molar refractivity (Wildman–Crippen MR) is 77.8 cm³/mol. The lowest BCUT2D eigenvalue weighted by Gasteiger charge is -2.16. The van der Waals surface area contributed by atoms with Gasteiger partial charge in [0.1, 0.15) is 17.4 Å². The molecular weight excluding hydrogens is 254 g/mol. The Morgan fingerprint density at radius 3 is 3.10 bits per heavy atom. The third-order valence-corrected chi connectivity index (χ3v) is 3.83. The van der Waals surface area contributed by atoms with Crippen molar-refractivity contribution in [1.82, 2.24) is 5.32 Å². The zero-order valence-electron chi connectivity index (χ0n) is 11.8. The SMILES string of the molecule is COCCNCC1CCOC1c1cc2ccccc2o1. The molecule has 2 atom stereocenters. The minimum atomic E-state index is 0.0671. The summed E-state index contributed by atoms with van der Waals surface area (Å²) in [6.45, 7) is 3.35. The van der Waals surface area contributed by atoms with E-state index in [0.717, 1.165) is 49.5 Å². The monoisotopic (exact) mass is 275 g/mol. The highest BCUT2D eigenvalue weighted by atomic mass is 16.5. The minimum absolute atomic E-state index is 0.0671. The van der Waals surface area contributed by atoms with E-state index in [9.17, 15) is 0 Å². The van der Waals surface area contributed by atoms with Crippen LogP contribution >= 0.6 is 0 Å². The molecule has 0 radical (unpaired) electrons. The topological polar surface area (TPSA) is 43.6 Å². The molecule has 4 nitrogen and oxygen atoms in total. The van der Waals surface area contributed by atoms with Gasteiger partial charge in [0.2, 0.25) is 0 Å². The van der Waals surface area contributed by atoms with E-state index in [1.807, 2.05) is 18.2 Å². The maximum atomic E-state index is 5.93. The van der Waals surface area contributed by atoms with Crippen molar-refractivity contribution in [2.75, 3.05) is 33.4 Å². The number of methoxy groups -OCH3 is 1. The number of benzene rings is 1. The molecule has 0 amide bonds. The number of hydrogen-bond donors (Lipinski definition) is 1. The fourth-order valence-electron chi connectivity index (χ4n) is 2.76. The van der Waals surface area contributed by atoms with Gasteiger partial charge in [0.15, 0.2) is 0 Å². The Labute approximate surface area is 119 Å². The Kier molecular flexibility index (Phi) is 4.35. The number of rotatable bonds is 6. The van der Waals surface area contributed by atoms with E-state index < -0.39 is 0 Å². The lowest BCUT2D eigenvalue weighted by Crippen LogP contribution is -2.27. The van der Waals surface area contributed by atoms with Crippen molar-refractivity contribution in [2.45, 2.75) is 12.5 Å². The van der Waals surface area contributed by atoms with Gasteiger partial charge >= 0.3 is 0 Å². The first kappa shape index (κ1) is 13.6. The van der Waals surface area contributed by atoms with Gasteiger partial charge in [-0.2, -0.15) is 0 Å². The second-order valence-corrected chi connectivity index (χ2v) is 5.22. The van der Waals surface area contributed by atoms with E-state index in [-0.39, 0.29) is 6.10 Å². The molecule has 108 valence electrons. The van der Waals surface area contributed by atoms with Gasteiger partial charge in [-0.1, -0.05) is 18.2 Å². The molecule has 0 saturated carbocycles. The van der Waals surface area contributed by atoms with Crippen molar-refractivity contribution >= 4 is 11.0 Å². The van der Waals surface area contributed by atoms with Gasteiger partial charge in [-0.05, 0) is 18.6 Å². The Bertz CT molecular complexity index is 518. The van der Waals surface area contributed by atoms with Crippen LogP contribution in [0.2, 0.25) is 0 Å². The summed E-state index contributed by atoms with van der Waals surface area (Å²) in [6, 6.07) is 10.2. The zero-order valence-corrected chi connectivity index (χ0v) is 11.8. The van der Waals surface area contributed by atoms with Crippen LogP contribution in [0, 0.1) is 5.92 Å². The van der Waals surface area contributed by atoms with Crippen LogP contribution in [0.25, 0.3) is 11.0 Å². The Balaban J connectivity index is 1.68. The minimum Gasteiger partial charge on any atom is -0.458 e. The third-order valence-electron chi connectivity index (χ3n) is 3.83. The molecule has 1 aliphatic heterocycles. The second kappa shape index (κ2) is 6.39. The molecule has 2 unspecified atom stereocenters. The fourth-order valence-corrected chi connectivity index (χ4v) is 2.76. The van der Waals surface area contributed by atoms with Crippen LogP contribution in [0.3, 0.4) is 0 Å². The standard InChI is InChI=1S/C16H21NO3/c1-18-9-7-17-11-13-6-8-19-16(13)15-10-12-4-2-3-5-14(12)20-15/h2-5,10,13,16-17H,6-9,11H2,1H3. The second-order valence-electron chi connectivity index (χ2n) is 5.22. The van der Waals surface area contributed by atoms with Crippen molar-refractivity contribution in [2.24, 2.45) is 5.92 Å². The molecule has 1 N–H and O–H groups in total. The quantitative estimate of drug-likeness (QED) is 0.823. The summed E-state index contributed by atoms with van der Waals surface area (Å²) in [5, 5.41) is 4.56. The molecule has 2 aromatic rings. The first-order valence-corrected chi connectivity index (χ1v) is 7.18. The fraction of sp³-hybridized carbons (Fsp3) is 0.500. The largest absolute Gasteiger partial charge is 0.458 e. The lowest BCUT2D eigenvalue weighted by atomic mass is 9.99. The average molecular weight is 275 g/mol. The number of fused-ring (bicyclic) bond motifs is 1. The van der Waals surface area contributed by atoms with E-state index >= 15 is 0 Å². The Morgan fingerprint density at radius 1 is 1.35 bits per heavy atom. The number of furan rings is 1. The molecule has 1 aromatic heterocycles. The molecule has 4 heteroatoms. The van der Waals surface area contributed by atoms with Crippen LogP contribution in [0.4, 0.5) is 0 Å². The van der Waals surface area contributed by atoms with Gasteiger partial charge in [-0.15, -0.1) is 0 Å². The predicted octanol–water partition coefficient (Wildman–Crippen LogP) is 2.75. The Hall–Kier alpha value is -1.36. The molecule has 0 spiro atoms. The van der Waals surface area contributed by atoms with E-state index in [0.29, 0.717) is 5.92 Å². The van der Waals surface area contributed by atoms with Crippen molar-refractivity contribution in [3.8, 4) is 0 Å². The van der Waals surface area contributed by atoms with Gasteiger partial charge in [0.25, 0.3) is 0 Å². The molecule has 0 bridgehead atoms. The van der Waals surface area contributed by atoms with Gasteiger partial charge < -0.3 is 19.2 Å². The van der Waals surface area contributed by atoms with Crippen LogP contribution in [0.1, 0.15) is 18.3 Å². The Morgan fingerprint density at radius 2 is 2.25 bits per heavy atom. The first-order valence-electron chi connectivity index (χ1n) is 7.18. The van der Waals surface area contributed by atoms with E-state index in [1.165, 1.54) is 0 Å². The van der Waals surface area contributed by atoms with Gasteiger partial charge in [0, 0.05) is 38.1 Å². The van der Waals surface area contributed by atoms with E-state index in [4.69, 9.17) is 13.9 Å². The van der Waals surface area contributed by atoms with Crippen LogP contribution < -0.4 is 5.32 Å². The van der Waals surface area contributed by atoms with Crippen molar-refractivity contribution in [3.05, 3.63) is 36.1 Å². The summed E-state index contributed by atoms with van der Waals surface area (Å²) in [5.41, 5.74) is 0.934. The molecule has 1 saturated heterocycles.